The van der Waals surface area contributed by atoms with Gasteiger partial charge in [-0.1, -0.05) is 97.1 Å². The number of allylic oxidation sites excluding steroid dienone is 1. The molecule has 0 aliphatic rings. The third kappa shape index (κ3) is 4.25. The topological polar surface area (TPSA) is 17.1 Å². The molecular formula is C28H22O. The van der Waals surface area contributed by atoms with Crippen molar-refractivity contribution >= 4 is 11.9 Å². The minimum atomic E-state index is 0.0372. The lowest BCUT2D eigenvalue weighted by Gasteiger charge is -2.16. The average molecular weight is 374 g/mol. The van der Waals surface area contributed by atoms with Crippen LogP contribution in [0.3, 0.4) is 0 Å². The summed E-state index contributed by atoms with van der Waals surface area (Å²) in [4.78, 5) is 11.7. The Hall–Kier alpha value is -3.71. The number of rotatable bonds is 5. The van der Waals surface area contributed by atoms with Crippen LogP contribution in [0.1, 0.15) is 12.5 Å². The average Bonchev–Trinajstić information content (AvgIpc) is 2.79. The molecule has 0 spiro atoms. The first kappa shape index (κ1) is 18.6. The molecule has 0 fully saturated rings. The lowest BCUT2D eigenvalue weighted by Crippen LogP contribution is -1.93. The first-order valence-corrected chi connectivity index (χ1v) is 9.75. The molecule has 0 aromatic heterocycles. The fourth-order valence-electron chi connectivity index (χ4n) is 3.54. The summed E-state index contributed by atoms with van der Waals surface area (Å²) in [6, 6.07) is 35.5. The Morgan fingerprint density at radius 1 is 0.586 bits per heavy atom. The van der Waals surface area contributed by atoms with Crippen LogP contribution >= 0.6 is 0 Å². The van der Waals surface area contributed by atoms with Gasteiger partial charge < -0.3 is 0 Å². The summed E-state index contributed by atoms with van der Waals surface area (Å²) in [6.45, 7) is 1.58. The summed E-state index contributed by atoms with van der Waals surface area (Å²) in [5.74, 6) is 0.0372. The molecule has 4 aromatic carbocycles. The Balaban J connectivity index is 2.04. The quantitative estimate of drug-likeness (QED) is 0.335. The highest BCUT2D eigenvalue weighted by atomic mass is 16.1. The zero-order valence-corrected chi connectivity index (χ0v) is 16.4. The van der Waals surface area contributed by atoms with E-state index >= 15 is 0 Å². The maximum Gasteiger partial charge on any atom is 0.152 e. The van der Waals surface area contributed by atoms with Gasteiger partial charge in [0.1, 0.15) is 0 Å². The van der Waals surface area contributed by atoms with Crippen molar-refractivity contribution in [2.24, 2.45) is 0 Å². The minimum absolute atomic E-state index is 0.0372. The fraction of sp³-hybridized carbons (Fsp3) is 0.0357. The molecule has 0 aliphatic heterocycles. The first-order chi connectivity index (χ1) is 14.2. The zero-order chi connectivity index (χ0) is 20.1. The Labute approximate surface area is 172 Å². The van der Waals surface area contributed by atoms with Gasteiger partial charge in [0.25, 0.3) is 0 Å². The maximum absolute atomic E-state index is 11.7. The van der Waals surface area contributed by atoms with Crippen molar-refractivity contribution in [3.63, 3.8) is 0 Å². The molecule has 140 valence electrons. The smallest absolute Gasteiger partial charge is 0.152 e. The van der Waals surface area contributed by atoms with E-state index in [0.29, 0.717) is 0 Å². The molecule has 0 aliphatic carbocycles. The van der Waals surface area contributed by atoms with E-state index in [9.17, 15) is 4.79 Å². The standard InChI is InChI=1S/C28H22O/c1-21(29)17-18-26-27(23-13-7-3-8-14-23)19-25(22-11-5-2-6-12-22)20-28(26)24-15-9-4-10-16-24/h2-20H,1H3/b18-17-. The van der Waals surface area contributed by atoms with E-state index in [2.05, 4.69) is 60.7 Å². The summed E-state index contributed by atoms with van der Waals surface area (Å²) >= 11 is 0. The molecule has 0 heterocycles. The van der Waals surface area contributed by atoms with Gasteiger partial charge in [-0.2, -0.15) is 0 Å². The van der Waals surface area contributed by atoms with Crippen molar-refractivity contribution in [3.8, 4) is 33.4 Å². The molecule has 0 saturated heterocycles. The van der Waals surface area contributed by atoms with Crippen LogP contribution in [0.25, 0.3) is 39.5 Å². The molecular weight excluding hydrogens is 352 g/mol. The number of hydrogen-bond donors (Lipinski definition) is 0. The van der Waals surface area contributed by atoms with Gasteiger partial charge in [0.05, 0.1) is 0 Å². The van der Waals surface area contributed by atoms with Gasteiger partial charge in [0, 0.05) is 0 Å². The van der Waals surface area contributed by atoms with E-state index < -0.39 is 0 Å². The van der Waals surface area contributed by atoms with Crippen LogP contribution in [0, 0.1) is 0 Å². The maximum atomic E-state index is 11.7. The van der Waals surface area contributed by atoms with E-state index in [1.54, 1.807) is 13.0 Å². The molecule has 0 unspecified atom stereocenters. The lowest BCUT2D eigenvalue weighted by molar-refractivity contribution is -0.112. The third-order valence-electron chi connectivity index (χ3n) is 4.94. The molecule has 0 amide bonds. The number of carbonyl (C=O) groups excluding carboxylic acids is 1. The summed E-state index contributed by atoms with van der Waals surface area (Å²) in [5, 5.41) is 0. The van der Waals surface area contributed by atoms with Gasteiger partial charge in [-0.3, -0.25) is 4.79 Å². The van der Waals surface area contributed by atoms with Crippen molar-refractivity contribution in [2.75, 3.05) is 0 Å². The Bertz CT molecular complexity index is 1080. The van der Waals surface area contributed by atoms with Gasteiger partial charge in [-0.25, -0.2) is 0 Å². The molecule has 29 heavy (non-hydrogen) atoms. The van der Waals surface area contributed by atoms with Gasteiger partial charge in [0.2, 0.25) is 0 Å². The van der Waals surface area contributed by atoms with Crippen LogP contribution in [-0.2, 0) is 4.79 Å². The second-order valence-corrected chi connectivity index (χ2v) is 7.03. The Morgan fingerprint density at radius 3 is 1.41 bits per heavy atom. The summed E-state index contributed by atoms with van der Waals surface area (Å²) in [6.07, 6.45) is 3.60. The minimum Gasteiger partial charge on any atom is -0.295 e. The summed E-state index contributed by atoms with van der Waals surface area (Å²) < 4.78 is 0. The predicted molar refractivity (Wildman–Crippen MR) is 122 cm³/mol. The van der Waals surface area contributed by atoms with Crippen molar-refractivity contribution < 1.29 is 4.79 Å². The Kier molecular flexibility index (Phi) is 5.49. The monoisotopic (exact) mass is 374 g/mol. The van der Waals surface area contributed by atoms with E-state index in [-0.39, 0.29) is 5.78 Å². The van der Waals surface area contributed by atoms with Crippen LogP contribution < -0.4 is 0 Å². The van der Waals surface area contributed by atoms with Crippen molar-refractivity contribution in [1.82, 2.24) is 0 Å². The molecule has 0 atom stereocenters. The van der Waals surface area contributed by atoms with Gasteiger partial charge in [0.15, 0.2) is 5.78 Å². The highest BCUT2D eigenvalue weighted by Gasteiger charge is 2.13. The fourth-order valence-corrected chi connectivity index (χ4v) is 3.54. The van der Waals surface area contributed by atoms with E-state index in [1.807, 2.05) is 48.5 Å². The molecule has 4 aromatic rings. The van der Waals surface area contributed by atoms with Crippen LogP contribution in [0.5, 0.6) is 0 Å². The predicted octanol–water partition coefficient (Wildman–Crippen LogP) is 7.29. The van der Waals surface area contributed by atoms with Gasteiger partial charge >= 0.3 is 0 Å². The molecule has 1 heteroatoms. The number of benzene rings is 4. The number of hydrogen-bond acceptors (Lipinski definition) is 1. The second kappa shape index (κ2) is 8.53. The molecule has 0 radical (unpaired) electrons. The lowest BCUT2D eigenvalue weighted by atomic mass is 9.87. The van der Waals surface area contributed by atoms with Crippen LogP contribution in [0.4, 0.5) is 0 Å². The zero-order valence-electron chi connectivity index (χ0n) is 16.4. The third-order valence-corrected chi connectivity index (χ3v) is 4.94. The highest BCUT2D eigenvalue weighted by Crippen LogP contribution is 2.38. The molecule has 0 bridgehead atoms. The van der Waals surface area contributed by atoms with Crippen LogP contribution in [0.2, 0.25) is 0 Å². The van der Waals surface area contributed by atoms with Crippen molar-refractivity contribution in [2.45, 2.75) is 6.92 Å². The van der Waals surface area contributed by atoms with Crippen LogP contribution in [-0.4, -0.2) is 5.78 Å². The highest BCUT2D eigenvalue weighted by molar-refractivity contribution is 5.97. The molecule has 1 nitrogen and oxygen atoms in total. The summed E-state index contributed by atoms with van der Waals surface area (Å²) in [7, 11) is 0. The van der Waals surface area contributed by atoms with E-state index in [0.717, 1.165) is 33.4 Å². The molecule has 4 rings (SSSR count). The number of carbonyl (C=O) groups is 1. The van der Waals surface area contributed by atoms with E-state index in [4.69, 9.17) is 0 Å². The normalized spacial score (nSPS) is 10.9. The molecule has 0 saturated carbocycles. The van der Waals surface area contributed by atoms with Gasteiger partial charge in [-0.15, -0.1) is 0 Å². The largest absolute Gasteiger partial charge is 0.295 e. The van der Waals surface area contributed by atoms with Gasteiger partial charge in [-0.05, 0) is 64.1 Å². The first-order valence-electron chi connectivity index (χ1n) is 9.75. The van der Waals surface area contributed by atoms with Crippen molar-refractivity contribution in [3.05, 3.63) is 115 Å². The second-order valence-electron chi connectivity index (χ2n) is 7.03. The Morgan fingerprint density at radius 2 is 1.00 bits per heavy atom. The molecule has 0 N–H and O–H groups in total. The van der Waals surface area contributed by atoms with Crippen molar-refractivity contribution in [1.29, 1.82) is 0 Å². The van der Waals surface area contributed by atoms with Crippen LogP contribution in [0.15, 0.2) is 109 Å². The van der Waals surface area contributed by atoms with E-state index in [1.165, 1.54) is 5.56 Å². The number of ketones is 1. The SMILES string of the molecule is CC(=O)/C=C\c1c(-c2ccccc2)cc(-c2ccccc2)cc1-c1ccccc1. The summed E-state index contributed by atoms with van der Waals surface area (Å²) in [5.41, 5.74) is 7.87.